The third-order valence-corrected chi connectivity index (χ3v) is 4.85. The summed E-state index contributed by atoms with van der Waals surface area (Å²) >= 11 is 7.49. The van der Waals surface area contributed by atoms with Gasteiger partial charge in [0, 0.05) is 17.8 Å². The Kier molecular flexibility index (Phi) is 5.67. The molecule has 0 aromatic carbocycles. The topological polar surface area (TPSA) is 32.3 Å². The number of rotatable bonds is 5. The van der Waals surface area contributed by atoms with E-state index in [1.807, 2.05) is 24.0 Å². The average Bonchev–Trinajstić information content (AvgIpc) is 2.82. The predicted molar refractivity (Wildman–Crippen MR) is 80.6 cm³/mol. The molecule has 3 nitrogen and oxygen atoms in total. The van der Waals surface area contributed by atoms with Crippen LogP contribution < -0.4 is 5.32 Å². The SMILES string of the molecule is CCN(Cc1ccc(Cl)s1)C(=O)CC1CCNCC1. The summed E-state index contributed by atoms with van der Waals surface area (Å²) in [7, 11) is 0. The predicted octanol–water partition coefficient (Wildman–Crippen LogP) is 3.14. The Morgan fingerprint density at radius 3 is 2.79 bits per heavy atom. The normalized spacial score (nSPS) is 16.5. The molecule has 1 aliphatic heterocycles. The van der Waals surface area contributed by atoms with E-state index in [0.717, 1.165) is 41.7 Å². The van der Waals surface area contributed by atoms with Crippen LogP contribution in [0.25, 0.3) is 0 Å². The monoisotopic (exact) mass is 300 g/mol. The number of amides is 1. The van der Waals surface area contributed by atoms with Crippen molar-refractivity contribution >= 4 is 28.8 Å². The Bertz CT molecular complexity index is 415. The molecule has 0 radical (unpaired) electrons. The second-order valence-electron chi connectivity index (χ2n) is 5.01. The minimum Gasteiger partial charge on any atom is -0.338 e. The van der Waals surface area contributed by atoms with Crippen molar-refractivity contribution in [1.29, 1.82) is 0 Å². The minimum absolute atomic E-state index is 0.277. The first-order valence-electron chi connectivity index (χ1n) is 6.91. The van der Waals surface area contributed by atoms with E-state index in [9.17, 15) is 4.79 Å². The van der Waals surface area contributed by atoms with Gasteiger partial charge in [-0.05, 0) is 50.9 Å². The molecule has 1 saturated heterocycles. The van der Waals surface area contributed by atoms with Gasteiger partial charge in [0.15, 0.2) is 0 Å². The zero-order valence-electron chi connectivity index (χ0n) is 11.3. The van der Waals surface area contributed by atoms with Crippen LogP contribution >= 0.6 is 22.9 Å². The van der Waals surface area contributed by atoms with Crippen LogP contribution in [0.15, 0.2) is 12.1 Å². The van der Waals surface area contributed by atoms with Gasteiger partial charge in [-0.1, -0.05) is 11.6 Å². The van der Waals surface area contributed by atoms with Gasteiger partial charge in [-0.15, -0.1) is 11.3 Å². The van der Waals surface area contributed by atoms with Crippen molar-refractivity contribution in [2.45, 2.75) is 32.7 Å². The number of halogens is 1. The van der Waals surface area contributed by atoms with E-state index in [-0.39, 0.29) is 5.91 Å². The molecule has 2 heterocycles. The summed E-state index contributed by atoms with van der Waals surface area (Å²) < 4.78 is 0.789. The first-order chi connectivity index (χ1) is 9.19. The standard InChI is InChI=1S/C14H21ClN2OS/c1-2-17(10-12-3-4-13(15)19-12)14(18)9-11-5-7-16-8-6-11/h3-4,11,16H,2,5-10H2,1H3. The Balaban J connectivity index is 1.87. The van der Waals surface area contributed by atoms with Crippen LogP contribution in [0.4, 0.5) is 0 Å². The number of hydrogen-bond donors (Lipinski definition) is 1. The fraction of sp³-hybridized carbons (Fsp3) is 0.643. The molecular weight excluding hydrogens is 280 g/mol. The second-order valence-corrected chi connectivity index (χ2v) is 6.81. The molecule has 1 aromatic heterocycles. The van der Waals surface area contributed by atoms with Crippen molar-refractivity contribution in [2.24, 2.45) is 5.92 Å². The van der Waals surface area contributed by atoms with E-state index in [1.54, 1.807) is 11.3 Å². The minimum atomic E-state index is 0.277. The summed E-state index contributed by atoms with van der Waals surface area (Å²) in [6.07, 6.45) is 2.93. The summed E-state index contributed by atoms with van der Waals surface area (Å²) in [6, 6.07) is 3.90. The molecule has 0 bridgehead atoms. The van der Waals surface area contributed by atoms with Crippen molar-refractivity contribution in [3.05, 3.63) is 21.3 Å². The highest BCUT2D eigenvalue weighted by Gasteiger charge is 2.20. The van der Waals surface area contributed by atoms with Crippen LogP contribution in [0.3, 0.4) is 0 Å². The Labute approximate surface area is 123 Å². The van der Waals surface area contributed by atoms with E-state index in [4.69, 9.17) is 11.6 Å². The van der Waals surface area contributed by atoms with Crippen molar-refractivity contribution in [3.8, 4) is 0 Å². The van der Waals surface area contributed by atoms with Gasteiger partial charge in [-0.2, -0.15) is 0 Å². The summed E-state index contributed by atoms with van der Waals surface area (Å²) in [5.74, 6) is 0.827. The van der Waals surface area contributed by atoms with Crippen LogP contribution in [0.2, 0.25) is 4.34 Å². The molecule has 5 heteroatoms. The van der Waals surface area contributed by atoms with Gasteiger partial charge in [-0.3, -0.25) is 4.79 Å². The molecule has 1 amide bonds. The summed E-state index contributed by atoms with van der Waals surface area (Å²) in [5, 5.41) is 3.34. The number of nitrogens with zero attached hydrogens (tertiary/aromatic N) is 1. The van der Waals surface area contributed by atoms with Crippen LogP contribution in [0.1, 0.15) is 31.1 Å². The molecule has 19 heavy (non-hydrogen) atoms. The molecule has 106 valence electrons. The number of piperidine rings is 1. The third kappa shape index (κ3) is 4.48. The number of hydrogen-bond acceptors (Lipinski definition) is 3. The van der Waals surface area contributed by atoms with Crippen LogP contribution in [-0.4, -0.2) is 30.4 Å². The van der Waals surface area contributed by atoms with E-state index >= 15 is 0 Å². The highest BCUT2D eigenvalue weighted by atomic mass is 35.5. The van der Waals surface area contributed by atoms with E-state index in [0.29, 0.717) is 18.9 Å². The Morgan fingerprint density at radius 2 is 2.21 bits per heavy atom. The lowest BCUT2D eigenvalue weighted by molar-refractivity contribution is -0.132. The lowest BCUT2D eigenvalue weighted by Crippen LogP contribution is -2.34. The Morgan fingerprint density at radius 1 is 1.47 bits per heavy atom. The molecular formula is C14H21ClN2OS. The van der Waals surface area contributed by atoms with Gasteiger partial charge in [0.05, 0.1) is 10.9 Å². The number of thiophene rings is 1. The largest absolute Gasteiger partial charge is 0.338 e. The molecule has 0 saturated carbocycles. The van der Waals surface area contributed by atoms with Crippen LogP contribution in [0, 0.1) is 5.92 Å². The lowest BCUT2D eigenvalue weighted by Gasteiger charge is -2.26. The number of carbonyl (C=O) groups is 1. The van der Waals surface area contributed by atoms with Gasteiger partial charge in [-0.25, -0.2) is 0 Å². The summed E-state index contributed by atoms with van der Waals surface area (Å²) in [4.78, 5) is 15.4. The van der Waals surface area contributed by atoms with E-state index in [2.05, 4.69) is 5.32 Å². The molecule has 1 aliphatic rings. The maximum Gasteiger partial charge on any atom is 0.223 e. The molecule has 2 rings (SSSR count). The molecule has 1 aromatic rings. The van der Waals surface area contributed by atoms with Gasteiger partial charge in [0.1, 0.15) is 0 Å². The zero-order valence-corrected chi connectivity index (χ0v) is 12.9. The van der Waals surface area contributed by atoms with Crippen molar-refractivity contribution in [2.75, 3.05) is 19.6 Å². The second kappa shape index (κ2) is 7.27. The molecule has 0 aliphatic carbocycles. The molecule has 0 unspecified atom stereocenters. The van der Waals surface area contributed by atoms with Gasteiger partial charge in [0.25, 0.3) is 0 Å². The molecule has 1 N–H and O–H groups in total. The molecule has 0 atom stereocenters. The van der Waals surface area contributed by atoms with Crippen molar-refractivity contribution in [1.82, 2.24) is 10.2 Å². The fourth-order valence-corrected chi connectivity index (χ4v) is 3.57. The fourth-order valence-electron chi connectivity index (χ4n) is 2.46. The van der Waals surface area contributed by atoms with Gasteiger partial charge < -0.3 is 10.2 Å². The third-order valence-electron chi connectivity index (χ3n) is 3.63. The summed E-state index contributed by atoms with van der Waals surface area (Å²) in [5.41, 5.74) is 0. The first-order valence-corrected chi connectivity index (χ1v) is 8.11. The van der Waals surface area contributed by atoms with Crippen LogP contribution in [-0.2, 0) is 11.3 Å². The smallest absolute Gasteiger partial charge is 0.223 e. The molecule has 1 fully saturated rings. The average molecular weight is 301 g/mol. The molecule has 0 spiro atoms. The number of carbonyl (C=O) groups excluding carboxylic acids is 1. The van der Waals surface area contributed by atoms with Crippen molar-refractivity contribution < 1.29 is 4.79 Å². The van der Waals surface area contributed by atoms with Gasteiger partial charge >= 0.3 is 0 Å². The first kappa shape index (κ1) is 14.8. The van der Waals surface area contributed by atoms with E-state index in [1.165, 1.54) is 0 Å². The maximum atomic E-state index is 12.3. The summed E-state index contributed by atoms with van der Waals surface area (Å²) in [6.45, 7) is 5.59. The zero-order chi connectivity index (χ0) is 13.7. The van der Waals surface area contributed by atoms with Crippen LogP contribution in [0.5, 0.6) is 0 Å². The lowest BCUT2D eigenvalue weighted by atomic mass is 9.94. The van der Waals surface area contributed by atoms with Crippen molar-refractivity contribution in [3.63, 3.8) is 0 Å². The highest BCUT2D eigenvalue weighted by molar-refractivity contribution is 7.16. The highest BCUT2D eigenvalue weighted by Crippen LogP contribution is 2.24. The van der Waals surface area contributed by atoms with E-state index < -0.39 is 0 Å². The Hall–Kier alpha value is -0.580. The maximum absolute atomic E-state index is 12.3. The van der Waals surface area contributed by atoms with Gasteiger partial charge in [0.2, 0.25) is 5.91 Å². The number of nitrogens with one attached hydrogen (secondary N) is 1. The quantitative estimate of drug-likeness (QED) is 0.906.